The highest BCUT2D eigenvalue weighted by atomic mass is 16.2. The molecule has 5 nitrogen and oxygen atoms in total. The highest BCUT2D eigenvalue weighted by Crippen LogP contribution is 2.23. The number of rotatable bonds is 6. The number of hydrogen-bond donors (Lipinski definition) is 2. The van der Waals surface area contributed by atoms with Gasteiger partial charge in [-0.3, -0.25) is 14.5 Å². The highest BCUT2D eigenvalue weighted by Gasteiger charge is 2.30. The summed E-state index contributed by atoms with van der Waals surface area (Å²) in [6.45, 7) is 11.0. The SMILES string of the molecule is CC(=O)Nc1ccc(C=CC(=O)NCC(C)(C)N2CCCC(C)C2)cc1. The molecule has 1 aromatic rings. The van der Waals surface area contributed by atoms with Crippen molar-refractivity contribution < 1.29 is 9.59 Å². The minimum absolute atomic E-state index is 0.0435. The number of carbonyl (C=O) groups is 2. The molecule has 2 amide bonds. The van der Waals surface area contributed by atoms with Gasteiger partial charge in [0.05, 0.1) is 0 Å². The predicted octanol–water partition coefficient (Wildman–Crippen LogP) is 3.28. The number of nitrogens with one attached hydrogen (secondary N) is 2. The van der Waals surface area contributed by atoms with E-state index in [1.165, 1.54) is 19.8 Å². The van der Waals surface area contributed by atoms with E-state index in [0.29, 0.717) is 6.54 Å². The molecule has 1 heterocycles. The summed E-state index contributed by atoms with van der Waals surface area (Å²) < 4.78 is 0. The zero-order valence-corrected chi connectivity index (χ0v) is 16.3. The lowest BCUT2D eigenvalue weighted by Gasteiger charge is -2.43. The molecule has 2 N–H and O–H groups in total. The molecule has 0 spiro atoms. The zero-order chi connectivity index (χ0) is 19.2. The van der Waals surface area contributed by atoms with Crippen LogP contribution in [-0.2, 0) is 9.59 Å². The Balaban J connectivity index is 1.83. The van der Waals surface area contributed by atoms with Gasteiger partial charge < -0.3 is 10.6 Å². The molecule has 0 saturated carbocycles. The first-order chi connectivity index (χ1) is 12.3. The van der Waals surface area contributed by atoms with Gasteiger partial charge in [0.15, 0.2) is 0 Å². The van der Waals surface area contributed by atoms with Gasteiger partial charge >= 0.3 is 0 Å². The monoisotopic (exact) mass is 357 g/mol. The minimum atomic E-state index is -0.0987. The lowest BCUT2D eigenvalue weighted by molar-refractivity contribution is -0.117. The predicted molar refractivity (Wildman–Crippen MR) is 107 cm³/mol. The number of benzene rings is 1. The van der Waals surface area contributed by atoms with E-state index in [1.54, 1.807) is 12.2 Å². The average molecular weight is 357 g/mol. The summed E-state index contributed by atoms with van der Waals surface area (Å²) in [5, 5.41) is 5.74. The van der Waals surface area contributed by atoms with Crippen molar-refractivity contribution in [3.8, 4) is 0 Å². The van der Waals surface area contributed by atoms with Crippen molar-refractivity contribution in [2.75, 3.05) is 25.0 Å². The molecular formula is C21H31N3O2. The third-order valence-electron chi connectivity index (χ3n) is 4.87. The van der Waals surface area contributed by atoms with Gasteiger partial charge in [-0.25, -0.2) is 0 Å². The second kappa shape index (κ2) is 8.99. The van der Waals surface area contributed by atoms with E-state index in [-0.39, 0.29) is 17.4 Å². The number of carbonyl (C=O) groups excluding carboxylic acids is 2. The molecule has 0 aromatic heterocycles. The van der Waals surface area contributed by atoms with E-state index in [1.807, 2.05) is 24.3 Å². The van der Waals surface area contributed by atoms with Gasteiger partial charge in [-0.05, 0) is 62.9 Å². The van der Waals surface area contributed by atoms with Crippen LogP contribution in [0.4, 0.5) is 5.69 Å². The molecular weight excluding hydrogens is 326 g/mol. The third-order valence-corrected chi connectivity index (χ3v) is 4.87. The first kappa shape index (κ1) is 20.2. The molecule has 26 heavy (non-hydrogen) atoms. The Bertz CT molecular complexity index is 650. The van der Waals surface area contributed by atoms with Crippen LogP contribution in [-0.4, -0.2) is 41.9 Å². The van der Waals surface area contributed by atoms with Gasteiger partial charge in [-0.1, -0.05) is 19.1 Å². The van der Waals surface area contributed by atoms with Gasteiger partial charge in [-0.15, -0.1) is 0 Å². The summed E-state index contributed by atoms with van der Waals surface area (Å²) in [6, 6.07) is 7.38. The van der Waals surface area contributed by atoms with Crippen LogP contribution < -0.4 is 10.6 Å². The fraction of sp³-hybridized carbons (Fsp3) is 0.524. The Labute approximate surface area is 156 Å². The Morgan fingerprint density at radius 3 is 2.58 bits per heavy atom. The number of hydrogen-bond acceptors (Lipinski definition) is 3. The van der Waals surface area contributed by atoms with Crippen LogP contribution in [0.1, 0.15) is 46.1 Å². The fourth-order valence-electron chi connectivity index (χ4n) is 3.27. The molecule has 0 bridgehead atoms. The van der Waals surface area contributed by atoms with E-state index >= 15 is 0 Å². The van der Waals surface area contributed by atoms with Crippen molar-refractivity contribution >= 4 is 23.6 Å². The van der Waals surface area contributed by atoms with Crippen molar-refractivity contribution in [2.24, 2.45) is 5.92 Å². The molecule has 5 heteroatoms. The van der Waals surface area contributed by atoms with E-state index in [4.69, 9.17) is 0 Å². The van der Waals surface area contributed by atoms with E-state index in [9.17, 15) is 9.59 Å². The second-order valence-corrected chi connectivity index (χ2v) is 7.86. The summed E-state index contributed by atoms with van der Waals surface area (Å²) in [4.78, 5) is 25.6. The number of nitrogens with zero attached hydrogens (tertiary/aromatic N) is 1. The van der Waals surface area contributed by atoms with E-state index in [0.717, 1.165) is 30.3 Å². The largest absolute Gasteiger partial charge is 0.351 e. The van der Waals surface area contributed by atoms with E-state index in [2.05, 4.69) is 36.3 Å². The van der Waals surface area contributed by atoms with Crippen molar-refractivity contribution in [2.45, 2.75) is 46.1 Å². The van der Waals surface area contributed by atoms with Gasteiger partial charge in [0.1, 0.15) is 0 Å². The minimum Gasteiger partial charge on any atom is -0.351 e. The van der Waals surface area contributed by atoms with Crippen LogP contribution in [0.15, 0.2) is 30.3 Å². The summed E-state index contributed by atoms with van der Waals surface area (Å²) in [5.41, 5.74) is 1.62. The van der Waals surface area contributed by atoms with Crippen LogP contribution in [0, 0.1) is 5.92 Å². The standard InChI is InChI=1S/C21H31N3O2/c1-16-6-5-13-24(14-16)21(3,4)15-22-20(26)12-9-18-7-10-19(11-8-18)23-17(2)25/h7-12,16H,5-6,13-15H2,1-4H3,(H,22,26)(H,23,25). The smallest absolute Gasteiger partial charge is 0.244 e. The summed E-state index contributed by atoms with van der Waals surface area (Å²) in [5.74, 6) is 0.534. The van der Waals surface area contributed by atoms with Crippen LogP contribution >= 0.6 is 0 Å². The first-order valence-corrected chi connectivity index (χ1v) is 9.35. The lowest BCUT2D eigenvalue weighted by Crippen LogP contribution is -2.54. The quantitative estimate of drug-likeness (QED) is 0.768. The number of anilines is 1. The molecule has 1 aromatic carbocycles. The lowest BCUT2D eigenvalue weighted by atomic mass is 9.93. The second-order valence-electron chi connectivity index (χ2n) is 7.86. The maximum atomic E-state index is 12.1. The summed E-state index contributed by atoms with van der Waals surface area (Å²) in [7, 11) is 0. The maximum absolute atomic E-state index is 12.1. The van der Waals surface area contributed by atoms with Crippen LogP contribution in [0.25, 0.3) is 6.08 Å². The average Bonchev–Trinajstić information content (AvgIpc) is 2.59. The van der Waals surface area contributed by atoms with Gasteiger partial charge in [-0.2, -0.15) is 0 Å². The fourth-order valence-corrected chi connectivity index (χ4v) is 3.27. The Hall–Kier alpha value is -2.14. The maximum Gasteiger partial charge on any atom is 0.244 e. The molecule has 2 rings (SSSR count). The number of likely N-dealkylation sites (tertiary alicyclic amines) is 1. The molecule has 142 valence electrons. The Morgan fingerprint density at radius 1 is 1.27 bits per heavy atom. The van der Waals surface area contributed by atoms with Crippen LogP contribution in [0.5, 0.6) is 0 Å². The molecule has 1 saturated heterocycles. The van der Waals surface area contributed by atoms with Crippen molar-refractivity contribution in [1.82, 2.24) is 10.2 Å². The van der Waals surface area contributed by atoms with E-state index < -0.39 is 0 Å². The summed E-state index contributed by atoms with van der Waals surface area (Å²) in [6.07, 6.45) is 5.86. The highest BCUT2D eigenvalue weighted by molar-refractivity contribution is 5.92. The van der Waals surface area contributed by atoms with Crippen molar-refractivity contribution in [1.29, 1.82) is 0 Å². The topological polar surface area (TPSA) is 61.4 Å². The molecule has 1 unspecified atom stereocenters. The molecule has 1 fully saturated rings. The number of amides is 2. The summed E-state index contributed by atoms with van der Waals surface area (Å²) >= 11 is 0. The molecule has 1 aliphatic heterocycles. The third kappa shape index (κ3) is 6.30. The first-order valence-electron chi connectivity index (χ1n) is 9.35. The van der Waals surface area contributed by atoms with Crippen molar-refractivity contribution in [3.05, 3.63) is 35.9 Å². The van der Waals surface area contributed by atoms with Crippen LogP contribution in [0.3, 0.4) is 0 Å². The normalized spacial score (nSPS) is 18.7. The van der Waals surface area contributed by atoms with Gasteiger partial charge in [0, 0.05) is 37.3 Å². The number of piperidine rings is 1. The van der Waals surface area contributed by atoms with Crippen LogP contribution in [0.2, 0.25) is 0 Å². The molecule has 0 radical (unpaired) electrons. The zero-order valence-electron chi connectivity index (χ0n) is 16.3. The molecule has 1 aliphatic rings. The van der Waals surface area contributed by atoms with Gasteiger partial charge in [0.25, 0.3) is 0 Å². The molecule has 0 aliphatic carbocycles. The van der Waals surface area contributed by atoms with Gasteiger partial charge in [0.2, 0.25) is 11.8 Å². The molecule has 1 atom stereocenters. The Kier molecular flexibility index (Phi) is 6.98. The van der Waals surface area contributed by atoms with Crippen molar-refractivity contribution in [3.63, 3.8) is 0 Å². The Morgan fingerprint density at radius 2 is 1.96 bits per heavy atom.